The molecule has 3 aromatic rings. The second-order valence-electron chi connectivity index (χ2n) is 6.11. The zero-order valence-corrected chi connectivity index (χ0v) is 17.4. The summed E-state index contributed by atoms with van der Waals surface area (Å²) >= 11 is 1.54. The molecule has 0 spiro atoms. The van der Waals surface area contributed by atoms with Crippen molar-refractivity contribution in [1.82, 2.24) is 0 Å². The monoisotopic (exact) mass is 423 g/mol. The van der Waals surface area contributed by atoms with Gasteiger partial charge in [0, 0.05) is 9.79 Å². The summed E-state index contributed by atoms with van der Waals surface area (Å²) in [6.45, 7) is -0.405. The molecular formula is C23H21NO5S. The minimum absolute atomic E-state index is 0.264. The molecule has 1 amide bonds. The number of anilines is 1. The molecule has 30 heavy (non-hydrogen) atoms. The van der Waals surface area contributed by atoms with Crippen LogP contribution in [0.15, 0.2) is 82.6 Å². The van der Waals surface area contributed by atoms with Gasteiger partial charge in [-0.3, -0.25) is 4.79 Å². The standard InChI is InChI=1S/C23H21NO5S/c1-27-19-13-12-16(14-20(19)28-2)23(26)29-15-22(25)24-18-10-6-7-11-21(18)30-17-8-4-3-5-9-17/h3-14H,15H2,1-2H3,(H,24,25). The molecule has 0 saturated heterocycles. The van der Waals surface area contributed by atoms with E-state index in [-0.39, 0.29) is 5.56 Å². The van der Waals surface area contributed by atoms with Gasteiger partial charge in [0.2, 0.25) is 0 Å². The second kappa shape index (κ2) is 10.4. The minimum Gasteiger partial charge on any atom is -0.493 e. The highest BCUT2D eigenvalue weighted by molar-refractivity contribution is 7.99. The Morgan fingerprint density at radius 3 is 2.30 bits per heavy atom. The van der Waals surface area contributed by atoms with Gasteiger partial charge in [-0.15, -0.1) is 0 Å². The first-order chi connectivity index (χ1) is 14.6. The maximum Gasteiger partial charge on any atom is 0.338 e. The van der Waals surface area contributed by atoms with E-state index in [9.17, 15) is 9.59 Å². The van der Waals surface area contributed by atoms with Crippen molar-refractivity contribution < 1.29 is 23.8 Å². The number of carbonyl (C=O) groups is 2. The molecule has 0 saturated carbocycles. The van der Waals surface area contributed by atoms with Crippen LogP contribution in [0.1, 0.15) is 10.4 Å². The lowest BCUT2D eigenvalue weighted by Gasteiger charge is -2.12. The van der Waals surface area contributed by atoms with Crippen LogP contribution in [-0.2, 0) is 9.53 Å². The molecule has 0 fully saturated rings. The molecule has 0 atom stereocenters. The van der Waals surface area contributed by atoms with Gasteiger partial charge in [0.15, 0.2) is 18.1 Å². The van der Waals surface area contributed by atoms with Gasteiger partial charge in [-0.25, -0.2) is 4.79 Å². The lowest BCUT2D eigenvalue weighted by Crippen LogP contribution is -2.21. The predicted octanol–water partition coefficient (Wildman–Crippen LogP) is 4.65. The van der Waals surface area contributed by atoms with Gasteiger partial charge in [0.25, 0.3) is 5.91 Å². The lowest BCUT2D eigenvalue weighted by molar-refractivity contribution is -0.119. The molecule has 154 valence electrons. The third kappa shape index (κ3) is 5.55. The molecule has 0 aliphatic rings. The van der Waals surface area contributed by atoms with E-state index < -0.39 is 18.5 Å². The largest absolute Gasteiger partial charge is 0.493 e. The Kier molecular flexibility index (Phi) is 7.34. The van der Waals surface area contributed by atoms with E-state index in [4.69, 9.17) is 14.2 Å². The van der Waals surface area contributed by atoms with Gasteiger partial charge < -0.3 is 19.5 Å². The Morgan fingerprint density at radius 2 is 1.57 bits per heavy atom. The van der Waals surface area contributed by atoms with E-state index >= 15 is 0 Å². The van der Waals surface area contributed by atoms with Crippen molar-refractivity contribution in [2.24, 2.45) is 0 Å². The number of hydrogen-bond donors (Lipinski definition) is 1. The van der Waals surface area contributed by atoms with E-state index in [0.717, 1.165) is 9.79 Å². The van der Waals surface area contributed by atoms with E-state index in [1.807, 2.05) is 48.5 Å². The molecule has 3 aromatic carbocycles. The molecule has 3 rings (SSSR count). The predicted molar refractivity (Wildman–Crippen MR) is 115 cm³/mol. The Morgan fingerprint density at radius 1 is 0.867 bits per heavy atom. The van der Waals surface area contributed by atoms with Crippen molar-refractivity contribution in [3.8, 4) is 11.5 Å². The van der Waals surface area contributed by atoms with Crippen LogP contribution in [0.3, 0.4) is 0 Å². The molecule has 0 radical (unpaired) electrons. The first-order valence-corrected chi connectivity index (χ1v) is 9.93. The van der Waals surface area contributed by atoms with Crippen LogP contribution in [-0.4, -0.2) is 32.7 Å². The van der Waals surface area contributed by atoms with Gasteiger partial charge in [-0.1, -0.05) is 42.1 Å². The molecule has 1 N–H and O–H groups in total. The number of para-hydroxylation sites is 1. The highest BCUT2D eigenvalue weighted by Gasteiger charge is 2.14. The van der Waals surface area contributed by atoms with Gasteiger partial charge in [0.1, 0.15) is 0 Å². The lowest BCUT2D eigenvalue weighted by atomic mass is 10.2. The zero-order valence-electron chi connectivity index (χ0n) is 16.6. The third-order valence-corrected chi connectivity index (χ3v) is 5.17. The van der Waals surface area contributed by atoms with Crippen LogP contribution in [0.5, 0.6) is 11.5 Å². The molecular weight excluding hydrogens is 402 g/mol. The van der Waals surface area contributed by atoms with Crippen LogP contribution in [0.2, 0.25) is 0 Å². The van der Waals surface area contributed by atoms with Gasteiger partial charge in [-0.2, -0.15) is 0 Å². The van der Waals surface area contributed by atoms with E-state index in [1.54, 1.807) is 18.2 Å². The number of rotatable bonds is 8. The minimum atomic E-state index is -0.627. The number of amides is 1. The first kappa shape index (κ1) is 21.3. The maximum atomic E-state index is 12.3. The Balaban J connectivity index is 1.61. The number of methoxy groups -OCH3 is 2. The van der Waals surface area contributed by atoms with E-state index in [2.05, 4.69) is 5.32 Å². The third-order valence-electron chi connectivity index (χ3n) is 4.09. The smallest absolute Gasteiger partial charge is 0.338 e. The number of benzene rings is 3. The van der Waals surface area contributed by atoms with Crippen molar-refractivity contribution in [2.75, 3.05) is 26.1 Å². The molecule has 0 heterocycles. The van der Waals surface area contributed by atoms with Crippen molar-refractivity contribution >= 4 is 29.3 Å². The van der Waals surface area contributed by atoms with Crippen LogP contribution < -0.4 is 14.8 Å². The summed E-state index contributed by atoms with van der Waals surface area (Å²) in [4.78, 5) is 26.6. The average molecular weight is 423 g/mol. The molecule has 0 bridgehead atoms. The van der Waals surface area contributed by atoms with Gasteiger partial charge in [-0.05, 0) is 42.5 Å². The fourth-order valence-corrected chi connectivity index (χ4v) is 3.56. The topological polar surface area (TPSA) is 73.9 Å². The SMILES string of the molecule is COc1ccc(C(=O)OCC(=O)Nc2ccccc2Sc2ccccc2)cc1OC. The fourth-order valence-electron chi connectivity index (χ4n) is 2.64. The summed E-state index contributed by atoms with van der Waals surface area (Å²) in [5, 5.41) is 2.80. The number of nitrogens with one attached hydrogen (secondary N) is 1. The van der Waals surface area contributed by atoms with Crippen molar-refractivity contribution in [3.05, 3.63) is 78.4 Å². The number of carbonyl (C=O) groups excluding carboxylic acids is 2. The van der Waals surface area contributed by atoms with E-state index in [0.29, 0.717) is 17.2 Å². The van der Waals surface area contributed by atoms with Crippen LogP contribution >= 0.6 is 11.8 Å². The molecule has 7 heteroatoms. The highest BCUT2D eigenvalue weighted by Crippen LogP contribution is 2.33. The first-order valence-electron chi connectivity index (χ1n) is 9.11. The Hall–Kier alpha value is -3.45. The fraction of sp³-hybridized carbons (Fsp3) is 0.130. The van der Waals surface area contributed by atoms with Gasteiger partial charge >= 0.3 is 5.97 Å². The summed E-state index contributed by atoms with van der Waals surface area (Å²) in [6.07, 6.45) is 0. The van der Waals surface area contributed by atoms with Gasteiger partial charge in [0.05, 0.1) is 25.5 Å². The number of hydrogen-bond acceptors (Lipinski definition) is 6. The average Bonchev–Trinajstić information content (AvgIpc) is 2.79. The quantitative estimate of drug-likeness (QED) is 0.532. The molecule has 0 unspecified atom stereocenters. The summed E-state index contributed by atoms with van der Waals surface area (Å²) in [6, 6.07) is 22.0. The summed E-state index contributed by atoms with van der Waals surface area (Å²) in [7, 11) is 2.99. The van der Waals surface area contributed by atoms with Crippen LogP contribution in [0, 0.1) is 0 Å². The second-order valence-corrected chi connectivity index (χ2v) is 7.22. The van der Waals surface area contributed by atoms with Crippen LogP contribution in [0.25, 0.3) is 0 Å². The molecule has 0 aliphatic carbocycles. The summed E-state index contributed by atoms with van der Waals surface area (Å²) < 4.78 is 15.5. The highest BCUT2D eigenvalue weighted by atomic mass is 32.2. The summed E-state index contributed by atoms with van der Waals surface area (Å²) in [5.41, 5.74) is 0.916. The molecule has 0 aliphatic heterocycles. The number of esters is 1. The van der Waals surface area contributed by atoms with Crippen molar-refractivity contribution in [2.45, 2.75) is 9.79 Å². The Labute approximate surface area is 179 Å². The summed E-state index contributed by atoms with van der Waals surface area (Å²) in [5.74, 6) is -0.148. The van der Waals surface area contributed by atoms with E-state index in [1.165, 1.54) is 32.0 Å². The molecule has 6 nitrogen and oxygen atoms in total. The van der Waals surface area contributed by atoms with Crippen molar-refractivity contribution in [1.29, 1.82) is 0 Å². The normalized spacial score (nSPS) is 10.2. The number of ether oxygens (including phenoxy) is 3. The van der Waals surface area contributed by atoms with Crippen LogP contribution in [0.4, 0.5) is 5.69 Å². The zero-order chi connectivity index (χ0) is 21.3. The maximum absolute atomic E-state index is 12.3. The Bertz CT molecular complexity index is 1020. The van der Waals surface area contributed by atoms with Crippen molar-refractivity contribution in [3.63, 3.8) is 0 Å². The molecule has 0 aromatic heterocycles.